The van der Waals surface area contributed by atoms with Gasteiger partial charge >= 0.3 is 0 Å². The largest absolute Gasteiger partial charge is 0.381 e. The Balaban J connectivity index is 0.000000201. The van der Waals surface area contributed by atoms with Crippen molar-refractivity contribution in [2.45, 2.75) is 127 Å². The molecule has 0 aromatic heterocycles. The summed E-state index contributed by atoms with van der Waals surface area (Å²) in [4.78, 5) is 26.5. The number of likely N-dealkylation sites (tertiary alicyclic amines) is 2. The van der Waals surface area contributed by atoms with E-state index in [0.29, 0.717) is 46.8 Å². The molecule has 12 nitrogen and oxygen atoms in total. The molecule has 2 saturated heterocycles. The number of piperidine rings is 2. The molecule has 0 radical (unpaired) electrons. The standard InChI is InChI=1S/2C19H28FN3O3/c2*1-13-11-18(19(23(24)25)12-17(13)20)21-14-7-9-22(10-8-14)15-3-5-16(26-2)6-4-15/h2*11-12,14-16,21H,3-10H2,1-2H3. The summed E-state index contributed by atoms with van der Waals surface area (Å²) in [5.41, 5.74) is 1.32. The van der Waals surface area contributed by atoms with Gasteiger partial charge in [-0.2, -0.15) is 0 Å². The van der Waals surface area contributed by atoms with Crippen LogP contribution in [0.5, 0.6) is 0 Å². The summed E-state index contributed by atoms with van der Waals surface area (Å²) >= 11 is 0. The normalized spacial score (nSPS) is 25.2. The van der Waals surface area contributed by atoms with Crippen LogP contribution in [0.3, 0.4) is 0 Å². The van der Waals surface area contributed by atoms with Gasteiger partial charge in [0.2, 0.25) is 0 Å². The molecule has 2 heterocycles. The number of hydrogen-bond donors (Lipinski definition) is 2. The Hall–Kier alpha value is -3.46. The molecule has 2 aliphatic carbocycles. The third-order valence-corrected chi connectivity index (χ3v) is 11.7. The van der Waals surface area contributed by atoms with E-state index in [9.17, 15) is 29.0 Å². The highest BCUT2D eigenvalue weighted by Crippen LogP contribution is 2.33. The highest BCUT2D eigenvalue weighted by atomic mass is 19.1. The Morgan fingerprint density at radius 3 is 1.21 bits per heavy atom. The zero-order valence-electron chi connectivity index (χ0n) is 31.1. The van der Waals surface area contributed by atoms with Crippen molar-refractivity contribution in [2.75, 3.05) is 51.0 Å². The molecule has 2 aromatic carbocycles. The van der Waals surface area contributed by atoms with Crippen molar-refractivity contribution in [1.29, 1.82) is 0 Å². The molecule has 288 valence electrons. The van der Waals surface area contributed by atoms with Gasteiger partial charge in [-0.1, -0.05) is 0 Å². The Bertz CT molecular complexity index is 1390. The summed E-state index contributed by atoms with van der Waals surface area (Å²) in [6, 6.07) is 6.75. The third-order valence-electron chi connectivity index (χ3n) is 11.7. The lowest BCUT2D eigenvalue weighted by Crippen LogP contribution is -2.46. The van der Waals surface area contributed by atoms with E-state index in [1.165, 1.54) is 25.7 Å². The van der Waals surface area contributed by atoms with Crippen LogP contribution in [0.15, 0.2) is 24.3 Å². The van der Waals surface area contributed by atoms with Gasteiger partial charge in [-0.3, -0.25) is 20.2 Å². The monoisotopic (exact) mass is 730 g/mol. The van der Waals surface area contributed by atoms with E-state index >= 15 is 0 Å². The first-order valence-corrected chi connectivity index (χ1v) is 18.9. The molecule has 2 N–H and O–H groups in total. The molecule has 6 rings (SSSR count). The van der Waals surface area contributed by atoms with Crippen molar-refractivity contribution in [3.8, 4) is 0 Å². The minimum atomic E-state index is -0.538. The van der Waals surface area contributed by atoms with Crippen LogP contribution in [0, 0.1) is 45.7 Å². The molecule has 0 amide bonds. The number of ether oxygens (including phenoxy) is 2. The lowest BCUT2D eigenvalue weighted by Gasteiger charge is -2.40. The van der Waals surface area contributed by atoms with Gasteiger partial charge in [-0.15, -0.1) is 0 Å². The topological polar surface area (TPSA) is 135 Å². The van der Waals surface area contributed by atoms with Crippen molar-refractivity contribution in [2.24, 2.45) is 0 Å². The third kappa shape index (κ3) is 10.4. The molecular weight excluding hydrogens is 674 g/mol. The Kier molecular flexibility index (Phi) is 14.2. The SMILES string of the molecule is COC1CCC(N2CCC(Nc3cc(C)c(F)cc3[N+](=O)[O-])CC2)CC1.COC1CCC(N2CCC(Nc3cc(C)c(F)cc3[N+](=O)[O-])CC2)CC1. The number of hydrogen-bond acceptors (Lipinski definition) is 10. The van der Waals surface area contributed by atoms with Crippen LogP contribution in [-0.2, 0) is 9.47 Å². The van der Waals surface area contributed by atoms with E-state index in [1.54, 1.807) is 40.2 Å². The van der Waals surface area contributed by atoms with Crippen LogP contribution in [0.2, 0.25) is 0 Å². The van der Waals surface area contributed by atoms with E-state index < -0.39 is 21.5 Å². The number of aryl methyl sites for hydroxylation is 2. The van der Waals surface area contributed by atoms with Crippen LogP contribution in [0.1, 0.15) is 88.2 Å². The summed E-state index contributed by atoms with van der Waals surface area (Å²) in [6.45, 7) is 7.23. The summed E-state index contributed by atoms with van der Waals surface area (Å²) in [6.07, 6.45) is 13.8. The molecule has 0 unspecified atom stereocenters. The zero-order chi connectivity index (χ0) is 37.4. The summed E-state index contributed by atoms with van der Waals surface area (Å²) in [5.74, 6) is -1.08. The number of rotatable bonds is 10. The molecular formula is C38H56F2N6O6. The van der Waals surface area contributed by atoms with Crippen molar-refractivity contribution < 1.29 is 28.1 Å². The Morgan fingerprint density at radius 2 is 0.923 bits per heavy atom. The van der Waals surface area contributed by atoms with Gasteiger partial charge in [-0.25, -0.2) is 8.78 Å². The van der Waals surface area contributed by atoms with Gasteiger partial charge in [-0.05, 0) is 114 Å². The molecule has 14 heteroatoms. The van der Waals surface area contributed by atoms with Crippen molar-refractivity contribution >= 4 is 22.7 Å². The molecule has 0 bridgehead atoms. The van der Waals surface area contributed by atoms with Crippen LogP contribution in [0.4, 0.5) is 31.5 Å². The van der Waals surface area contributed by atoms with Gasteiger partial charge in [0.1, 0.15) is 23.0 Å². The predicted molar refractivity (Wildman–Crippen MR) is 198 cm³/mol. The van der Waals surface area contributed by atoms with E-state index in [2.05, 4.69) is 20.4 Å². The number of nitrogens with zero attached hydrogens (tertiary/aromatic N) is 4. The summed E-state index contributed by atoms with van der Waals surface area (Å²) in [5, 5.41) is 29.0. The van der Waals surface area contributed by atoms with E-state index in [1.807, 2.05) is 0 Å². The Morgan fingerprint density at radius 1 is 0.596 bits per heavy atom. The van der Waals surface area contributed by atoms with Gasteiger partial charge in [0.15, 0.2) is 0 Å². The fourth-order valence-electron chi connectivity index (χ4n) is 8.43. The van der Waals surface area contributed by atoms with Gasteiger partial charge in [0, 0.05) is 64.6 Å². The van der Waals surface area contributed by atoms with Gasteiger partial charge < -0.3 is 29.9 Å². The van der Waals surface area contributed by atoms with Crippen LogP contribution >= 0.6 is 0 Å². The Labute approximate surface area is 305 Å². The lowest BCUT2D eigenvalue weighted by atomic mass is 9.90. The van der Waals surface area contributed by atoms with E-state index in [-0.39, 0.29) is 23.5 Å². The van der Waals surface area contributed by atoms with Crippen molar-refractivity contribution in [1.82, 2.24) is 9.80 Å². The van der Waals surface area contributed by atoms with E-state index in [4.69, 9.17) is 9.47 Å². The number of benzene rings is 2. The predicted octanol–water partition coefficient (Wildman–Crippen LogP) is 7.75. The number of anilines is 2. The molecule has 0 spiro atoms. The molecule has 4 fully saturated rings. The number of nitrogens with one attached hydrogen (secondary N) is 2. The summed E-state index contributed by atoms with van der Waals surface area (Å²) < 4.78 is 38.2. The second kappa shape index (κ2) is 18.5. The lowest BCUT2D eigenvalue weighted by molar-refractivity contribution is -0.384. The van der Waals surface area contributed by atoms with Crippen LogP contribution in [-0.4, -0.2) is 96.4 Å². The first-order valence-electron chi connectivity index (χ1n) is 18.9. The quantitative estimate of drug-likeness (QED) is 0.185. The van der Waals surface area contributed by atoms with Crippen LogP contribution < -0.4 is 10.6 Å². The molecule has 52 heavy (non-hydrogen) atoms. The number of nitro benzene ring substituents is 2. The second-order valence-electron chi connectivity index (χ2n) is 15.0. The zero-order valence-corrected chi connectivity index (χ0v) is 31.1. The number of methoxy groups -OCH3 is 2. The molecule has 4 aliphatic rings. The van der Waals surface area contributed by atoms with E-state index in [0.717, 1.165) is 89.7 Å². The molecule has 2 aromatic rings. The first kappa shape index (κ1) is 39.7. The molecule has 2 saturated carbocycles. The first-order chi connectivity index (χ1) is 24.9. The second-order valence-corrected chi connectivity index (χ2v) is 15.0. The minimum absolute atomic E-state index is 0.185. The maximum atomic E-state index is 13.7. The smallest absolute Gasteiger partial charge is 0.295 e. The fourth-order valence-corrected chi connectivity index (χ4v) is 8.43. The molecule has 0 atom stereocenters. The minimum Gasteiger partial charge on any atom is -0.381 e. The maximum Gasteiger partial charge on any atom is 0.295 e. The average molecular weight is 731 g/mol. The maximum absolute atomic E-state index is 13.7. The fraction of sp³-hybridized carbons (Fsp3) is 0.684. The summed E-state index contributed by atoms with van der Waals surface area (Å²) in [7, 11) is 3.58. The highest BCUT2D eigenvalue weighted by Gasteiger charge is 2.31. The van der Waals surface area contributed by atoms with Crippen molar-refractivity contribution in [3.05, 3.63) is 67.3 Å². The number of nitro groups is 2. The molecule has 2 aliphatic heterocycles. The van der Waals surface area contributed by atoms with Gasteiger partial charge in [0.05, 0.1) is 34.2 Å². The van der Waals surface area contributed by atoms with Gasteiger partial charge in [0.25, 0.3) is 11.4 Å². The number of halogens is 2. The van der Waals surface area contributed by atoms with Crippen molar-refractivity contribution in [3.63, 3.8) is 0 Å². The average Bonchev–Trinajstić information content (AvgIpc) is 3.15. The van der Waals surface area contributed by atoms with Crippen LogP contribution in [0.25, 0.3) is 0 Å². The highest BCUT2D eigenvalue weighted by molar-refractivity contribution is 5.64.